The summed E-state index contributed by atoms with van der Waals surface area (Å²) in [5.41, 5.74) is 0.233. The van der Waals surface area contributed by atoms with Gasteiger partial charge in [-0.25, -0.2) is 0 Å². The number of ether oxygens (including phenoxy) is 1. The van der Waals surface area contributed by atoms with Gasteiger partial charge in [-0.2, -0.15) is 0 Å². The Morgan fingerprint density at radius 1 is 1.25 bits per heavy atom. The van der Waals surface area contributed by atoms with Gasteiger partial charge in [0.15, 0.2) is 0 Å². The predicted molar refractivity (Wildman–Crippen MR) is 50.0 cm³/mol. The Bertz CT molecular complexity index is 178. The van der Waals surface area contributed by atoms with Gasteiger partial charge in [0.1, 0.15) is 0 Å². The molecule has 1 saturated carbocycles. The Hall–Kier alpha value is -0.0400. The molecule has 2 fully saturated rings. The maximum Gasteiger partial charge on any atom is 0.0688 e. The highest BCUT2D eigenvalue weighted by atomic mass is 16.5. The van der Waals surface area contributed by atoms with Crippen LogP contribution in [-0.2, 0) is 4.74 Å². The monoisotopic (exact) mass is 168 g/mol. The third-order valence-corrected chi connectivity index (χ3v) is 3.87. The smallest absolute Gasteiger partial charge is 0.0688 e. The van der Waals surface area contributed by atoms with E-state index in [1.54, 1.807) is 0 Å². The molecule has 1 aliphatic heterocycles. The van der Waals surface area contributed by atoms with Gasteiger partial charge in [-0.15, -0.1) is 0 Å². The Morgan fingerprint density at radius 2 is 2.00 bits per heavy atom. The zero-order valence-electron chi connectivity index (χ0n) is 8.47. The fourth-order valence-electron chi connectivity index (χ4n) is 3.21. The Kier molecular flexibility index (Phi) is 1.95. The molecule has 2 rings (SSSR count). The van der Waals surface area contributed by atoms with E-state index in [1.807, 2.05) is 0 Å². The number of fused-ring (bicyclic) bond motifs is 1. The fourth-order valence-corrected chi connectivity index (χ4v) is 3.21. The molecule has 0 aromatic heterocycles. The maximum atomic E-state index is 5.93. The summed E-state index contributed by atoms with van der Waals surface area (Å²) < 4.78 is 5.93. The van der Waals surface area contributed by atoms with Gasteiger partial charge in [-0.3, -0.25) is 0 Å². The molecule has 0 aromatic rings. The summed E-state index contributed by atoms with van der Waals surface area (Å²) in [6.45, 7) is 8.00. The Morgan fingerprint density at radius 3 is 2.75 bits per heavy atom. The van der Waals surface area contributed by atoms with E-state index in [-0.39, 0.29) is 5.60 Å². The van der Waals surface area contributed by atoms with E-state index >= 15 is 0 Å². The molecule has 0 N–H and O–H groups in total. The molecule has 12 heavy (non-hydrogen) atoms. The van der Waals surface area contributed by atoms with Crippen LogP contribution in [0.3, 0.4) is 0 Å². The van der Waals surface area contributed by atoms with Crippen LogP contribution in [0.25, 0.3) is 0 Å². The zero-order valence-corrected chi connectivity index (χ0v) is 8.47. The van der Waals surface area contributed by atoms with Crippen LogP contribution in [0.5, 0.6) is 0 Å². The molecule has 0 bridgehead atoms. The van der Waals surface area contributed by atoms with Gasteiger partial charge in [0.2, 0.25) is 0 Å². The van der Waals surface area contributed by atoms with Crippen LogP contribution in [0.1, 0.15) is 40.0 Å². The molecule has 4 atom stereocenters. The van der Waals surface area contributed by atoms with Gasteiger partial charge in [-0.1, -0.05) is 20.3 Å². The first-order valence-corrected chi connectivity index (χ1v) is 5.26. The average Bonchev–Trinajstić information content (AvgIpc) is 2.27. The van der Waals surface area contributed by atoms with Crippen molar-refractivity contribution >= 4 is 0 Å². The van der Waals surface area contributed by atoms with Crippen LogP contribution in [0.4, 0.5) is 0 Å². The van der Waals surface area contributed by atoms with Gasteiger partial charge in [0.25, 0.3) is 0 Å². The van der Waals surface area contributed by atoms with E-state index in [4.69, 9.17) is 4.74 Å². The maximum absolute atomic E-state index is 5.93. The Labute approximate surface area is 75.5 Å². The van der Waals surface area contributed by atoms with E-state index < -0.39 is 0 Å². The summed E-state index contributed by atoms with van der Waals surface area (Å²) in [5, 5.41) is 0. The van der Waals surface area contributed by atoms with Crippen molar-refractivity contribution in [1.29, 1.82) is 0 Å². The summed E-state index contributed by atoms with van der Waals surface area (Å²) in [6.07, 6.45) is 4.08. The molecule has 0 spiro atoms. The first-order chi connectivity index (χ1) is 5.62. The van der Waals surface area contributed by atoms with E-state index in [2.05, 4.69) is 20.8 Å². The summed E-state index contributed by atoms with van der Waals surface area (Å²) >= 11 is 0. The van der Waals surface area contributed by atoms with Crippen molar-refractivity contribution in [3.63, 3.8) is 0 Å². The lowest BCUT2D eigenvalue weighted by Gasteiger charge is -2.39. The van der Waals surface area contributed by atoms with Gasteiger partial charge in [-0.05, 0) is 37.5 Å². The quantitative estimate of drug-likeness (QED) is 0.540. The van der Waals surface area contributed by atoms with Crippen LogP contribution in [0.15, 0.2) is 0 Å². The fraction of sp³-hybridized carbons (Fsp3) is 1.00. The van der Waals surface area contributed by atoms with Gasteiger partial charge >= 0.3 is 0 Å². The second-order valence-electron chi connectivity index (χ2n) is 5.09. The summed E-state index contributed by atoms with van der Waals surface area (Å²) in [7, 11) is 0. The summed E-state index contributed by atoms with van der Waals surface area (Å²) in [6, 6.07) is 0. The molecule has 4 unspecified atom stereocenters. The van der Waals surface area contributed by atoms with Crippen molar-refractivity contribution in [3.05, 3.63) is 0 Å². The zero-order chi connectivity index (χ0) is 8.77. The van der Waals surface area contributed by atoms with Gasteiger partial charge in [0.05, 0.1) is 12.2 Å². The molecule has 0 amide bonds. The predicted octanol–water partition coefficient (Wildman–Crippen LogP) is 2.85. The minimum absolute atomic E-state index is 0.233. The number of rotatable bonds is 0. The van der Waals surface area contributed by atoms with Gasteiger partial charge in [0, 0.05) is 0 Å². The SMILES string of the molecule is CC1CCC2C(C)COC2(C)C1. The normalized spacial score (nSPS) is 53.8. The minimum atomic E-state index is 0.233. The lowest BCUT2D eigenvalue weighted by Crippen LogP contribution is -2.38. The molecule has 2 aliphatic rings. The molecule has 70 valence electrons. The van der Waals surface area contributed by atoms with E-state index in [9.17, 15) is 0 Å². The van der Waals surface area contributed by atoms with Crippen molar-refractivity contribution in [2.24, 2.45) is 17.8 Å². The van der Waals surface area contributed by atoms with Crippen molar-refractivity contribution < 1.29 is 4.74 Å². The first kappa shape index (κ1) is 8.55. The third-order valence-electron chi connectivity index (χ3n) is 3.87. The van der Waals surface area contributed by atoms with E-state index in [0.29, 0.717) is 0 Å². The molecule has 1 saturated heterocycles. The molecule has 0 aromatic carbocycles. The summed E-state index contributed by atoms with van der Waals surface area (Å²) in [5.74, 6) is 2.51. The Balaban J connectivity index is 2.14. The molecule has 0 radical (unpaired) electrons. The number of hydrogen-bond acceptors (Lipinski definition) is 1. The lowest BCUT2D eigenvalue weighted by molar-refractivity contribution is -0.0429. The number of hydrogen-bond donors (Lipinski definition) is 0. The second-order valence-corrected chi connectivity index (χ2v) is 5.09. The minimum Gasteiger partial charge on any atom is -0.375 e. The average molecular weight is 168 g/mol. The topological polar surface area (TPSA) is 9.23 Å². The molecular formula is C11H20O. The van der Waals surface area contributed by atoms with Crippen molar-refractivity contribution in [3.8, 4) is 0 Å². The van der Waals surface area contributed by atoms with Crippen LogP contribution in [0.2, 0.25) is 0 Å². The van der Waals surface area contributed by atoms with Gasteiger partial charge < -0.3 is 4.74 Å². The van der Waals surface area contributed by atoms with Crippen LogP contribution >= 0.6 is 0 Å². The van der Waals surface area contributed by atoms with E-state index in [0.717, 1.165) is 24.4 Å². The van der Waals surface area contributed by atoms with Crippen LogP contribution in [0, 0.1) is 17.8 Å². The molecular weight excluding hydrogens is 148 g/mol. The van der Waals surface area contributed by atoms with Crippen molar-refractivity contribution in [2.45, 2.75) is 45.6 Å². The van der Waals surface area contributed by atoms with Crippen LogP contribution < -0.4 is 0 Å². The van der Waals surface area contributed by atoms with Crippen molar-refractivity contribution in [2.75, 3.05) is 6.61 Å². The highest BCUT2D eigenvalue weighted by molar-refractivity contribution is 4.96. The highest BCUT2D eigenvalue weighted by Crippen LogP contribution is 2.47. The molecule has 1 nitrogen and oxygen atoms in total. The van der Waals surface area contributed by atoms with Crippen LogP contribution in [-0.4, -0.2) is 12.2 Å². The molecule has 1 aliphatic carbocycles. The van der Waals surface area contributed by atoms with E-state index in [1.165, 1.54) is 19.3 Å². The van der Waals surface area contributed by atoms with Crippen molar-refractivity contribution in [1.82, 2.24) is 0 Å². The molecule has 1 heteroatoms. The standard InChI is InChI=1S/C11H20O/c1-8-4-5-10-9(2)7-12-11(10,3)6-8/h8-10H,4-7H2,1-3H3. The first-order valence-electron chi connectivity index (χ1n) is 5.26. The summed E-state index contributed by atoms with van der Waals surface area (Å²) in [4.78, 5) is 0. The largest absolute Gasteiger partial charge is 0.375 e. The highest BCUT2D eigenvalue weighted by Gasteiger charge is 2.47. The second kappa shape index (κ2) is 2.73. The third kappa shape index (κ3) is 1.19. The molecule has 1 heterocycles. The lowest BCUT2D eigenvalue weighted by atomic mass is 9.69.